The molecule has 0 fully saturated rings. The lowest BCUT2D eigenvalue weighted by Crippen LogP contribution is -2.53. The maximum absolute atomic E-state index is 12.6. The SMILES string of the molecule is CC(C)C[C@@H](NC(=O)OCC1c2ccccc2-c2ccccc21)C(=O)NCC(C)(O)C(=O)O. The van der Waals surface area contributed by atoms with Crippen LogP contribution in [0.15, 0.2) is 48.5 Å². The van der Waals surface area contributed by atoms with E-state index in [1.807, 2.05) is 62.4 Å². The van der Waals surface area contributed by atoms with Crippen molar-refractivity contribution in [3.63, 3.8) is 0 Å². The molecule has 8 heteroatoms. The number of aliphatic hydroxyl groups is 1. The Morgan fingerprint density at radius 1 is 1.03 bits per heavy atom. The van der Waals surface area contributed by atoms with Gasteiger partial charge in [0.05, 0.1) is 6.54 Å². The third-order valence-electron chi connectivity index (χ3n) is 5.73. The second-order valence-corrected chi connectivity index (χ2v) is 8.95. The highest BCUT2D eigenvalue weighted by Gasteiger charge is 2.33. The number of carbonyl (C=O) groups excluding carboxylic acids is 2. The first-order valence-electron chi connectivity index (χ1n) is 10.9. The van der Waals surface area contributed by atoms with Crippen LogP contribution in [0.2, 0.25) is 0 Å². The van der Waals surface area contributed by atoms with Gasteiger partial charge in [0, 0.05) is 5.92 Å². The first-order valence-corrected chi connectivity index (χ1v) is 10.9. The fourth-order valence-electron chi connectivity index (χ4n) is 3.94. The summed E-state index contributed by atoms with van der Waals surface area (Å²) in [7, 11) is 0. The number of ether oxygens (including phenoxy) is 1. The van der Waals surface area contributed by atoms with Crippen molar-refractivity contribution < 1.29 is 29.3 Å². The molecule has 0 bridgehead atoms. The number of rotatable bonds is 9. The van der Waals surface area contributed by atoms with E-state index in [1.165, 1.54) is 0 Å². The van der Waals surface area contributed by atoms with Crippen LogP contribution in [0.4, 0.5) is 4.79 Å². The molecule has 0 heterocycles. The number of benzene rings is 2. The van der Waals surface area contributed by atoms with Crippen molar-refractivity contribution in [3.8, 4) is 11.1 Å². The Morgan fingerprint density at radius 3 is 2.09 bits per heavy atom. The largest absolute Gasteiger partial charge is 0.479 e. The Bertz CT molecular complexity index is 988. The lowest BCUT2D eigenvalue weighted by atomic mass is 9.98. The van der Waals surface area contributed by atoms with Gasteiger partial charge < -0.3 is 25.6 Å². The molecule has 176 valence electrons. The summed E-state index contributed by atoms with van der Waals surface area (Å²) in [5, 5.41) is 23.8. The van der Waals surface area contributed by atoms with Gasteiger partial charge in [-0.2, -0.15) is 0 Å². The average molecular weight is 455 g/mol. The minimum atomic E-state index is -2.11. The van der Waals surface area contributed by atoms with Gasteiger partial charge in [0.2, 0.25) is 5.91 Å². The first kappa shape index (κ1) is 24.3. The molecule has 4 N–H and O–H groups in total. The zero-order valence-corrected chi connectivity index (χ0v) is 19.0. The Morgan fingerprint density at radius 2 is 1.58 bits per heavy atom. The minimum Gasteiger partial charge on any atom is -0.479 e. The predicted molar refractivity (Wildman–Crippen MR) is 123 cm³/mol. The number of aliphatic carboxylic acids is 1. The molecular formula is C25H30N2O6. The van der Waals surface area contributed by atoms with E-state index in [1.54, 1.807) is 0 Å². The summed E-state index contributed by atoms with van der Waals surface area (Å²) in [5.74, 6) is -2.06. The van der Waals surface area contributed by atoms with Crippen molar-refractivity contribution in [2.75, 3.05) is 13.2 Å². The molecule has 8 nitrogen and oxygen atoms in total. The van der Waals surface area contributed by atoms with Crippen LogP contribution in [0, 0.1) is 5.92 Å². The lowest BCUT2D eigenvalue weighted by molar-refractivity contribution is -0.156. The summed E-state index contributed by atoms with van der Waals surface area (Å²) in [5.41, 5.74) is 2.29. The molecule has 1 unspecified atom stereocenters. The Labute approximate surface area is 193 Å². The third-order valence-corrected chi connectivity index (χ3v) is 5.73. The number of amides is 2. The summed E-state index contributed by atoms with van der Waals surface area (Å²) in [4.78, 5) is 36.2. The molecule has 0 aromatic heterocycles. The van der Waals surface area contributed by atoms with Crippen LogP contribution in [0.3, 0.4) is 0 Å². The van der Waals surface area contributed by atoms with Crippen molar-refractivity contribution in [2.45, 2.75) is 44.8 Å². The molecule has 0 saturated carbocycles. The molecule has 2 aromatic rings. The fourth-order valence-corrected chi connectivity index (χ4v) is 3.94. The van der Waals surface area contributed by atoms with Gasteiger partial charge in [0.1, 0.15) is 12.6 Å². The zero-order chi connectivity index (χ0) is 24.2. The topological polar surface area (TPSA) is 125 Å². The van der Waals surface area contributed by atoms with Crippen molar-refractivity contribution in [2.24, 2.45) is 5.92 Å². The maximum Gasteiger partial charge on any atom is 0.407 e. The number of carboxylic acids is 1. The number of hydrogen-bond donors (Lipinski definition) is 4. The molecule has 0 radical (unpaired) electrons. The number of carboxylic acid groups (broad SMARTS) is 1. The van der Waals surface area contributed by atoms with Crippen LogP contribution in [0.1, 0.15) is 44.2 Å². The number of carbonyl (C=O) groups is 3. The van der Waals surface area contributed by atoms with Crippen molar-refractivity contribution in [3.05, 3.63) is 59.7 Å². The summed E-state index contributed by atoms with van der Waals surface area (Å²) >= 11 is 0. The zero-order valence-electron chi connectivity index (χ0n) is 19.0. The minimum absolute atomic E-state index is 0.0784. The van der Waals surface area contributed by atoms with E-state index in [2.05, 4.69) is 10.6 Å². The number of hydrogen-bond acceptors (Lipinski definition) is 5. The Hall–Kier alpha value is -3.39. The van der Waals surface area contributed by atoms with E-state index in [0.29, 0.717) is 6.42 Å². The third kappa shape index (κ3) is 5.70. The Kier molecular flexibility index (Phi) is 7.38. The van der Waals surface area contributed by atoms with E-state index in [0.717, 1.165) is 29.2 Å². The second kappa shape index (κ2) is 10.0. The molecule has 2 atom stereocenters. The van der Waals surface area contributed by atoms with Crippen LogP contribution < -0.4 is 10.6 Å². The highest BCUT2D eigenvalue weighted by atomic mass is 16.5. The molecule has 3 rings (SSSR count). The van der Waals surface area contributed by atoms with Crippen LogP contribution in [0.5, 0.6) is 0 Å². The van der Waals surface area contributed by atoms with Crippen molar-refractivity contribution in [1.29, 1.82) is 0 Å². The van der Waals surface area contributed by atoms with Gasteiger partial charge in [-0.15, -0.1) is 0 Å². The van der Waals surface area contributed by atoms with Gasteiger partial charge >= 0.3 is 12.1 Å². The van der Waals surface area contributed by atoms with E-state index in [-0.39, 0.29) is 18.4 Å². The quantitative estimate of drug-likeness (QED) is 0.462. The van der Waals surface area contributed by atoms with E-state index in [9.17, 15) is 19.5 Å². The maximum atomic E-state index is 12.6. The molecule has 2 aromatic carbocycles. The van der Waals surface area contributed by atoms with Crippen molar-refractivity contribution >= 4 is 18.0 Å². The van der Waals surface area contributed by atoms with Crippen LogP contribution in [-0.4, -0.2) is 53.0 Å². The van der Waals surface area contributed by atoms with Crippen LogP contribution in [-0.2, 0) is 14.3 Å². The molecule has 33 heavy (non-hydrogen) atoms. The van der Waals surface area contributed by atoms with Gasteiger partial charge in [-0.3, -0.25) is 4.79 Å². The smallest absolute Gasteiger partial charge is 0.407 e. The van der Waals surface area contributed by atoms with Crippen LogP contribution >= 0.6 is 0 Å². The standard InChI is InChI=1S/C25H30N2O6/c1-15(2)12-21(22(28)26-14-25(3,32)23(29)30)27-24(31)33-13-20-18-10-6-4-8-16(18)17-9-5-7-11-19(17)20/h4-11,15,20-21,32H,12-14H2,1-3H3,(H,26,28)(H,27,31)(H,29,30)/t21-,25?/m1/s1. The van der Waals surface area contributed by atoms with Gasteiger partial charge in [0.15, 0.2) is 5.60 Å². The molecule has 2 amide bonds. The molecule has 0 aliphatic heterocycles. The van der Waals surface area contributed by atoms with E-state index < -0.39 is 36.2 Å². The summed E-state index contributed by atoms with van der Waals surface area (Å²) in [6, 6.07) is 15.1. The van der Waals surface area contributed by atoms with E-state index in [4.69, 9.17) is 9.84 Å². The predicted octanol–water partition coefficient (Wildman–Crippen LogP) is 2.89. The summed E-state index contributed by atoms with van der Waals surface area (Å²) in [6.07, 6.45) is -0.409. The first-order chi connectivity index (χ1) is 15.6. The fraction of sp³-hybridized carbons (Fsp3) is 0.400. The molecular weight excluding hydrogens is 424 g/mol. The number of alkyl carbamates (subject to hydrolysis) is 1. The molecule has 1 aliphatic carbocycles. The van der Waals surface area contributed by atoms with Gasteiger partial charge in [0.25, 0.3) is 0 Å². The number of fused-ring (bicyclic) bond motifs is 3. The second-order valence-electron chi connectivity index (χ2n) is 8.95. The molecule has 0 spiro atoms. The Balaban J connectivity index is 1.64. The van der Waals surface area contributed by atoms with Crippen molar-refractivity contribution in [1.82, 2.24) is 10.6 Å². The summed E-state index contributed by atoms with van der Waals surface area (Å²) in [6.45, 7) is 4.51. The highest BCUT2D eigenvalue weighted by Crippen LogP contribution is 2.44. The highest BCUT2D eigenvalue weighted by molar-refractivity contribution is 5.86. The van der Waals surface area contributed by atoms with Gasteiger partial charge in [-0.1, -0.05) is 62.4 Å². The number of nitrogens with one attached hydrogen (secondary N) is 2. The van der Waals surface area contributed by atoms with E-state index >= 15 is 0 Å². The average Bonchev–Trinajstić information content (AvgIpc) is 3.09. The van der Waals surface area contributed by atoms with Gasteiger partial charge in [-0.25, -0.2) is 9.59 Å². The monoisotopic (exact) mass is 454 g/mol. The molecule has 1 aliphatic rings. The van der Waals surface area contributed by atoms with Crippen LogP contribution in [0.25, 0.3) is 11.1 Å². The summed E-state index contributed by atoms with van der Waals surface area (Å²) < 4.78 is 5.51. The van der Waals surface area contributed by atoms with Gasteiger partial charge in [-0.05, 0) is 41.5 Å². The normalized spacial score (nSPS) is 15.2. The lowest BCUT2D eigenvalue weighted by Gasteiger charge is -2.23. The molecule has 0 saturated heterocycles.